The van der Waals surface area contributed by atoms with Crippen molar-refractivity contribution in [1.82, 2.24) is 0 Å². The third-order valence-electron chi connectivity index (χ3n) is 2.32. The molecule has 1 saturated carbocycles. The number of hydrogen-bond donors (Lipinski definition) is 2. The quantitative estimate of drug-likeness (QED) is 0.617. The van der Waals surface area contributed by atoms with Crippen molar-refractivity contribution in [1.29, 1.82) is 0 Å². The third kappa shape index (κ3) is 2.89. The van der Waals surface area contributed by atoms with Crippen LogP contribution in [0.1, 0.15) is 32.1 Å². The molecule has 3 nitrogen and oxygen atoms in total. The lowest BCUT2D eigenvalue weighted by molar-refractivity contribution is -0.118. The van der Waals surface area contributed by atoms with Gasteiger partial charge in [-0.2, -0.15) is 0 Å². The van der Waals surface area contributed by atoms with E-state index < -0.39 is 0 Å². The molecule has 1 aliphatic rings. The summed E-state index contributed by atoms with van der Waals surface area (Å²) in [6.07, 6.45) is 5.21. The maximum atomic E-state index is 10.4. The van der Waals surface area contributed by atoms with E-state index in [9.17, 15) is 4.79 Å². The third-order valence-corrected chi connectivity index (χ3v) is 2.32. The van der Waals surface area contributed by atoms with Crippen molar-refractivity contribution in [2.45, 2.75) is 38.1 Å². The fourth-order valence-corrected chi connectivity index (χ4v) is 1.50. The zero-order chi connectivity index (χ0) is 8.27. The van der Waals surface area contributed by atoms with Crippen molar-refractivity contribution < 1.29 is 4.79 Å². The molecule has 0 radical (unpaired) electrons. The number of hydrogen-bond acceptors (Lipinski definition) is 2. The largest absolute Gasteiger partial charge is 0.370 e. The van der Waals surface area contributed by atoms with Gasteiger partial charge in [0.2, 0.25) is 5.91 Å². The van der Waals surface area contributed by atoms with Crippen molar-refractivity contribution in [2.24, 2.45) is 17.4 Å². The lowest BCUT2D eigenvalue weighted by Gasteiger charge is -2.27. The molecule has 1 amide bonds. The second kappa shape index (κ2) is 3.72. The van der Waals surface area contributed by atoms with Gasteiger partial charge >= 0.3 is 0 Å². The Bertz CT molecular complexity index is 143. The topological polar surface area (TPSA) is 69.1 Å². The molecule has 0 saturated heterocycles. The van der Waals surface area contributed by atoms with Crippen molar-refractivity contribution >= 4 is 5.91 Å². The van der Waals surface area contributed by atoms with E-state index in [0.717, 1.165) is 12.3 Å². The summed E-state index contributed by atoms with van der Waals surface area (Å²) in [7, 11) is 0. The summed E-state index contributed by atoms with van der Waals surface area (Å²) in [5, 5.41) is 0. The van der Waals surface area contributed by atoms with Crippen molar-refractivity contribution in [3.63, 3.8) is 0 Å². The van der Waals surface area contributed by atoms with Gasteiger partial charge in [-0.1, -0.05) is 19.3 Å². The predicted molar refractivity (Wildman–Crippen MR) is 43.7 cm³/mol. The Labute approximate surface area is 67.1 Å². The van der Waals surface area contributed by atoms with E-state index in [1.165, 1.54) is 19.3 Å². The van der Waals surface area contributed by atoms with Gasteiger partial charge in [0.25, 0.3) is 0 Å². The number of carbonyl (C=O) groups is 1. The fraction of sp³-hybridized carbons (Fsp3) is 0.875. The first kappa shape index (κ1) is 8.53. The average molecular weight is 156 g/mol. The number of amides is 1. The first-order valence-corrected chi connectivity index (χ1v) is 4.22. The van der Waals surface area contributed by atoms with Crippen LogP contribution in [0.4, 0.5) is 0 Å². The SMILES string of the molecule is NC(=O)CC(N)CC1CCC1. The smallest absolute Gasteiger partial charge is 0.218 e. The lowest BCUT2D eigenvalue weighted by Crippen LogP contribution is -2.31. The molecule has 4 N–H and O–H groups in total. The van der Waals surface area contributed by atoms with E-state index in [4.69, 9.17) is 11.5 Å². The number of carbonyl (C=O) groups excluding carboxylic acids is 1. The minimum atomic E-state index is -0.281. The van der Waals surface area contributed by atoms with Gasteiger partial charge in [0.15, 0.2) is 0 Å². The number of primary amides is 1. The number of nitrogens with two attached hydrogens (primary N) is 2. The second-order valence-electron chi connectivity index (χ2n) is 3.46. The normalized spacial score (nSPS) is 20.8. The minimum Gasteiger partial charge on any atom is -0.370 e. The Morgan fingerprint density at radius 2 is 2.18 bits per heavy atom. The minimum absolute atomic E-state index is 0.00204. The van der Waals surface area contributed by atoms with Crippen LogP contribution in [0.5, 0.6) is 0 Å². The number of rotatable bonds is 4. The monoisotopic (exact) mass is 156 g/mol. The molecular weight excluding hydrogens is 140 g/mol. The molecule has 11 heavy (non-hydrogen) atoms. The van der Waals surface area contributed by atoms with E-state index in [1.54, 1.807) is 0 Å². The van der Waals surface area contributed by atoms with Crippen LogP contribution in [-0.2, 0) is 4.79 Å². The molecule has 1 aliphatic carbocycles. The van der Waals surface area contributed by atoms with Gasteiger partial charge in [0, 0.05) is 12.5 Å². The Kier molecular flexibility index (Phi) is 2.88. The Balaban J connectivity index is 2.09. The molecule has 0 bridgehead atoms. The zero-order valence-electron chi connectivity index (χ0n) is 6.75. The van der Waals surface area contributed by atoms with Crippen LogP contribution in [0.3, 0.4) is 0 Å². The highest BCUT2D eigenvalue weighted by Gasteiger charge is 2.20. The van der Waals surface area contributed by atoms with Crippen molar-refractivity contribution in [3.8, 4) is 0 Å². The fourth-order valence-electron chi connectivity index (χ4n) is 1.50. The predicted octanol–water partition coefficient (Wildman–Crippen LogP) is 0.379. The summed E-state index contributed by atoms with van der Waals surface area (Å²) < 4.78 is 0. The van der Waals surface area contributed by atoms with Crippen molar-refractivity contribution in [3.05, 3.63) is 0 Å². The summed E-state index contributed by atoms with van der Waals surface area (Å²) in [5.41, 5.74) is 10.7. The van der Waals surface area contributed by atoms with Crippen LogP contribution in [-0.4, -0.2) is 11.9 Å². The standard InChI is InChI=1S/C8H16N2O/c9-7(5-8(10)11)4-6-2-1-3-6/h6-7H,1-5,9H2,(H2,10,11). The van der Waals surface area contributed by atoms with E-state index in [0.29, 0.717) is 6.42 Å². The van der Waals surface area contributed by atoms with Gasteiger partial charge in [-0.05, 0) is 12.3 Å². The van der Waals surface area contributed by atoms with Gasteiger partial charge < -0.3 is 11.5 Å². The molecule has 1 rings (SSSR count). The molecule has 0 aromatic rings. The highest BCUT2D eigenvalue weighted by Crippen LogP contribution is 2.30. The summed E-state index contributed by atoms with van der Waals surface area (Å²) in [6, 6.07) is -0.00204. The van der Waals surface area contributed by atoms with E-state index in [-0.39, 0.29) is 11.9 Å². The van der Waals surface area contributed by atoms with Gasteiger partial charge in [-0.15, -0.1) is 0 Å². The maximum absolute atomic E-state index is 10.4. The average Bonchev–Trinajstić information content (AvgIpc) is 1.77. The molecule has 0 heterocycles. The molecule has 0 aromatic carbocycles. The van der Waals surface area contributed by atoms with Crippen LogP contribution in [0.2, 0.25) is 0 Å². The first-order valence-electron chi connectivity index (χ1n) is 4.22. The van der Waals surface area contributed by atoms with Crippen LogP contribution in [0.25, 0.3) is 0 Å². The Morgan fingerprint density at radius 3 is 2.55 bits per heavy atom. The van der Waals surface area contributed by atoms with Crippen LogP contribution in [0, 0.1) is 5.92 Å². The molecule has 3 heteroatoms. The summed E-state index contributed by atoms with van der Waals surface area (Å²) >= 11 is 0. The van der Waals surface area contributed by atoms with E-state index in [2.05, 4.69) is 0 Å². The molecule has 1 atom stereocenters. The summed E-state index contributed by atoms with van der Waals surface area (Å²) in [4.78, 5) is 10.4. The van der Waals surface area contributed by atoms with Gasteiger partial charge in [-0.25, -0.2) is 0 Å². The molecular formula is C8H16N2O. The van der Waals surface area contributed by atoms with Crippen molar-refractivity contribution in [2.75, 3.05) is 0 Å². The lowest BCUT2D eigenvalue weighted by atomic mass is 9.80. The van der Waals surface area contributed by atoms with E-state index in [1.807, 2.05) is 0 Å². The molecule has 0 aromatic heterocycles. The molecule has 64 valence electrons. The van der Waals surface area contributed by atoms with Gasteiger partial charge in [0.1, 0.15) is 0 Å². The molecule has 1 unspecified atom stereocenters. The molecule has 1 fully saturated rings. The highest BCUT2D eigenvalue weighted by atomic mass is 16.1. The van der Waals surface area contributed by atoms with Gasteiger partial charge in [0.05, 0.1) is 0 Å². The van der Waals surface area contributed by atoms with Crippen LogP contribution < -0.4 is 11.5 Å². The summed E-state index contributed by atoms with van der Waals surface area (Å²) in [5.74, 6) is 0.487. The zero-order valence-corrected chi connectivity index (χ0v) is 6.75. The Morgan fingerprint density at radius 1 is 1.55 bits per heavy atom. The second-order valence-corrected chi connectivity index (χ2v) is 3.46. The maximum Gasteiger partial charge on any atom is 0.218 e. The Hall–Kier alpha value is -0.570. The highest BCUT2D eigenvalue weighted by molar-refractivity contribution is 5.74. The molecule has 0 aliphatic heterocycles. The van der Waals surface area contributed by atoms with Crippen LogP contribution >= 0.6 is 0 Å². The van der Waals surface area contributed by atoms with Crippen LogP contribution in [0.15, 0.2) is 0 Å². The van der Waals surface area contributed by atoms with Gasteiger partial charge in [-0.3, -0.25) is 4.79 Å². The molecule has 0 spiro atoms. The van der Waals surface area contributed by atoms with E-state index >= 15 is 0 Å². The summed E-state index contributed by atoms with van der Waals surface area (Å²) in [6.45, 7) is 0. The first-order chi connectivity index (χ1) is 5.18.